The molecule has 0 spiro atoms. The minimum atomic E-state index is -1.61. The summed E-state index contributed by atoms with van der Waals surface area (Å²) in [6.45, 7) is 0. The van der Waals surface area contributed by atoms with Crippen LogP contribution in [0.5, 0.6) is 0 Å². The lowest BCUT2D eigenvalue weighted by molar-refractivity contribution is -0.155. The van der Waals surface area contributed by atoms with E-state index in [0.717, 1.165) is 17.9 Å². The summed E-state index contributed by atoms with van der Waals surface area (Å²) in [6.07, 6.45) is -4.96. The van der Waals surface area contributed by atoms with E-state index in [2.05, 4.69) is 4.74 Å². The van der Waals surface area contributed by atoms with Crippen LogP contribution >= 0.6 is 0 Å². The number of aromatic nitrogens is 2. The highest BCUT2D eigenvalue weighted by Gasteiger charge is 2.49. The Morgan fingerprint density at radius 2 is 2.04 bits per heavy atom. The Morgan fingerprint density at radius 3 is 2.58 bits per heavy atom. The zero-order chi connectivity index (χ0) is 18.0. The van der Waals surface area contributed by atoms with Gasteiger partial charge in [0.2, 0.25) is 0 Å². The van der Waals surface area contributed by atoms with Crippen LogP contribution in [0.3, 0.4) is 0 Å². The third-order valence-electron chi connectivity index (χ3n) is 3.61. The Hall–Kier alpha value is -2.50. The number of ether oxygens (including phenoxy) is 3. The maximum Gasteiger partial charge on any atom is 0.335 e. The average molecular weight is 344 g/mol. The van der Waals surface area contributed by atoms with Gasteiger partial charge in [0.1, 0.15) is 12.2 Å². The number of hydrogen-bond donors (Lipinski definition) is 3. The fraction of sp³-hybridized carbons (Fsp3) is 0.538. The topological polar surface area (TPSA) is 157 Å². The number of aliphatic carboxylic acids is 1. The number of aliphatic hydroxyl groups is 1. The first-order valence-corrected chi connectivity index (χ1v) is 6.80. The van der Waals surface area contributed by atoms with E-state index in [-0.39, 0.29) is 5.56 Å². The largest absolute Gasteiger partial charge is 0.479 e. The molecule has 2 heterocycles. The van der Waals surface area contributed by atoms with Crippen LogP contribution in [0.15, 0.2) is 15.8 Å². The highest BCUT2D eigenvalue weighted by Crippen LogP contribution is 2.30. The zero-order valence-electron chi connectivity index (χ0n) is 12.8. The van der Waals surface area contributed by atoms with E-state index in [1.165, 1.54) is 7.11 Å². The highest BCUT2D eigenvalue weighted by molar-refractivity contribution is 5.73. The van der Waals surface area contributed by atoms with Crippen LogP contribution in [0, 0.1) is 0 Å². The van der Waals surface area contributed by atoms with Crippen molar-refractivity contribution >= 4 is 11.9 Å². The molecule has 132 valence electrons. The van der Waals surface area contributed by atoms with E-state index in [1.54, 1.807) is 0 Å². The molecule has 2 rings (SSSR count). The summed E-state index contributed by atoms with van der Waals surface area (Å²) < 4.78 is 15.5. The van der Waals surface area contributed by atoms with Gasteiger partial charge in [-0.05, 0) is 0 Å². The molecule has 24 heavy (non-hydrogen) atoms. The molecule has 4 atom stereocenters. The number of H-pyrrole nitrogens is 1. The van der Waals surface area contributed by atoms with Gasteiger partial charge in [0.15, 0.2) is 12.3 Å². The number of methoxy groups -OCH3 is 2. The van der Waals surface area contributed by atoms with Gasteiger partial charge in [0.05, 0.1) is 13.5 Å². The number of carboxylic acid groups (broad SMARTS) is 1. The minimum Gasteiger partial charge on any atom is -0.479 e. The predicted molar refractivity (Wildman–Crippen MR) is 75.4 cm³/mol. The number of hydrogen-bond acceptors (Lipinski definition) is 8. The summed E-state index contributed by atoms with van der Waals surface area (Å²) >= 11 is 0. The van der Waals surface area contributed by atoms with Crippen LogP contribution in [-0.4, -0.2) is 64.2 Å². The number of nitrogens with zero attached hydrogens (tertiary/aromatic N) is 1. The summed E-state index contributed by atoms with van der Waals surface area (Å²) in [6, 6.07) is 0. The molecule has 0 aromatic carbocycles. The van der Waals surface area contributed by atoms with Gasteiger partial charge in [-0.1, -0.05) is 0 Å². The first-order valence-electron chi connectivity index (χ1n) is 6.80. The lowest BCUT2D eigenvalue weighted by Gasteiger charge is -2.20. The number of carbonyl (C=O) groups excluding carboxylic acids is 1. The second-order valence-electron chi connectivity index (χ2n) is 5.05. The number of carbonyl (C=O) groups is 2. The lowest BCUT2D eigenvalue weighted by atomic mass is 10.1. The predicted octanol–water partition coefficient (Wildman–Crippen LogP) is -2.39. The van der Waals surface area contributed by atoms with Crippen molar-refractivity contribution in [3.05, 3.63) is 32.6 Å². The molecule has 1 aliphatic rings. The molecule has 1 aromatic heterocycles. The smallest absolute Gasteiger partial charge is 0.335 e. The Bertz CT molecular complexity index is 753. The van der Waals surface area contributed by atoms with E-state index in [9.17, 15) is 24.3 Å². The SMILES string of the molecule is COC(=O)Cc1cn([C@@H]2O[C@H](C(=O)O)[C@@H](O)[C@H]2OC)c(=O)[nH]c1=O. The maximum atomic E-state index is 12.0. The summed E-state index contributed by atoms with van der Waals surface area (Å²) in [7, 11) is 2.35. The Balaban J connectivity index is 2.45. The Morgan fingerprint density at radius 1 is 1.38 bits per heavy atom. The number of aromatic amines is 1. The van der Waals surface area contributed by atoms with Gasteiger partial charge in [0.25, 0.3) is 5.56 Å². The molecule has 0 saturated carbocycles. The van der Waals surface area contributed by atoms with Gasteiger partial charge in [-0.2, -0.15) is 0 Å². The molecule has 11 nitrogen and oxygen atoms in total. The first kappa shape index (κ1) is 17.8. The van der Waals surface area contributed by atoms with E-state index < -0.39 is 54.1 Å². The van der Waals surface area contributed by atoms with E-state index in [0.29, 0.717) is 0 Å². The standard InChI is InChI=1S/C13H16N2O9/c1-22-6(16)3-5-4-15(13(21)14-10(5)18)11-8(23-2)7(17)9(24-11)12(19)20/h4,7-9,11,17H,3H2,1-2H3,(H,19,20)(H,14,18,21)/t7-,8+,9-,11+/m0/s1. The summed E-state index contributed by atoms with van der Waals surface area (Å²) in [5.74, 6) is -2.14. The van der Waals surface area contributed by atoms with Crippen LogP contribution in [0.1, 0.15) is 11.8 Å². The molecular formula is C13H16N2O9. The van der Waals surface area contributed by atoms with Crippen molar-refractivity contribution in [1.82, 2.24) is 9.55 Å². The first-order chi connectivity index (χ1) is 11.3. The molecule has 1 aromatic rings. The number of nitrogens with one attached hydrogen (secondary N) is 1. The molecule has 0 amide bonds. The van der Waals surface area contributed by atoms with Crippen molar-refractivity contribution in [2.24, 2.45) is 0 Å². The van der Waals surface area contributed by atoms with Crippen molar-refractivity contribution in [3.63, 3.8) is 0 Å². The van der Waals surface area contributed by atoms with Gasteiger partial charge < -0.3 is 24.4 Å². The highest BCUT2D eigenvalue weighted by atomic mass is 16.6. The van der Waals surface area contributed by atoms with Crippen molar-refractivity contribution in [1.29, 1.82) is 0 Å². The normalized spacial score (nSPS) is 26.3. The molecule has 1 aliphatic heterocycles. The number of esters is 1. The fourth-order valence-electron chi connectivity index (χ4n) is 2.40. The van der Waals surface area contributed by atoms with Crippen molar-refractivity contribution in [3.8, 4) is 0 Å². The summed E-state index contributed by atoms with van der Waals surface area (Å²) in [4.78, 5) is 48.2. The third kappa shape index (κ3) is 3.22. The molecule has 3 N–H and O–H groups in total. The fourth-order valence-corrected chi connectivity index (χ4v) is 2.40. The monoisotopic (exact) mass is 344 g/mol. The molecule has 1 saturated heterocycles. The van der Waals surface area contributed by atoms with Crippen LogP contribution in [0.4, 0.5) is 0 Å². The van der Waals surface area contributed by atoms with Gasteiger partial charge in [-0.3, -0.25) is 19.1 Å². The second kappa shape index (κ2) is 6.95. The van der Waals surface area contributed by atoms with E-state index >= 15 is 0 Å². The van der Waals surface area contributed by atoms with Crippen LogP contribution in [0.2, 0.25) is 0 Å². The van der Waals surface area contributed by atoms with Gasteiger partial charge in [0, 0.05) is 18.9 Å². The molecule has 0 radical (unpaired) electrons. The molecule has 0 bridgehead atoms. The summed E-state index contributed by atoms with van der Waals surface area (Å²) in [5.41, 5.74) is -1.78. The summed E-state index contributed by atoms with van der Waals surface area (Å²) in [5, 5.41) is 19.0. The number of carboxylic acids is 1. The van der Waals surface area contributed by atoms with Crippen molar-refractivity contribution in [2.45, 2.75) is 31.0 Å². The number of aliphatic hydroxyl groups excluding tert-OH is 1. The van der Waals surface area contributed by atoms with Crippen LogP contribution in [0.25, 0.3) is 0 Å². The van der Waals surface area contributed by atoms with Crippen LogP contribution in [-0.2, 0) is 30.2 Å². The molecule has 1 fully saturated rings. The molecule has 11 heteroatoms. The minimum absolute atomic E-state index is 0.0897. The van der Waals surface area contributed by atoms with Crippen LogP contribution < -0.4 is 11.2 Å². The molecule has 0 aliphatic carbocycles. The maximum absolute atomic E-state index is 12.0. The number of rotatable bonds is 5. The zero-order valence-corrected chi connectivity index (χ0v) is 12.8. The van der Waals surface area contributed by atoms with Crippen molar-refractivity contribution < 1.29 is 34.0 Å². The second-order valence-corrected chi connectivity index (χ2v) is 5.05. The van der Waals surface area contributed by atoms with Gasteiger partial charge >= 0.3 is 17.6 Å². The van der Waals surface area contributed by atoms with E-state index in [4.69, 9.17) is 14.6 Å². The Kier molecular flexibility index (Phi) is 5.17. The van der Waals surface area contributed by atoms with Crippen molar-refractivity contribution in [2.75, 3.05) is 14.2 Å². The average Bonchev–Trinajstić information content (AvgIpc) is 2.86. The van der Waals surface area contributed by atoms with Gasteiger partial charge in [-0.25, -0.2) is 9.59 Å². The quantitative estimate of drug-likeness (QED) is 0.496. The third-order valence-corrected chi connectivity index (χ3v) is 3.61. The molecule has 0 unspecified atom stereocenters. The lowest BCUT2D eigenvalue weighted by Crippen LogP contribution is -2.40. The van der Waals surface area contributed by atoms with Gasteiger partial charge in [-0.15, -0.1) is 0 Å². The Labute approximate surface area is 134 Å². The molecular weight excluding hydrogens is 328 g/mol. The van der Waals surface area contributed by atoms with E-state index in [1.807, 2.05) is 4.98 Å².